The van der Waals surface area contributed by atoms with Crippen LogP contribution in [-0.4, -0.2) is 69.4 Å². The van der Waals surface area contributed by atoms with Gasteiger partial charge in [-0.3, -0.25) is 0 Å². The van der Waals surface area contributed by atoms with Gasteiger partial charge in [-0.1, -0.05) is 10.3 Å². The molecule has 8 N–H and O–H groups in total. The molecule has 2 fully saturated rings. The van der Waals surface area contributed by atoms with Crippen molar-refractivity contribution in [3.8, 4) is 40.1 Å². The first-order valence-corrected chi connectivity index (χ1v) is 20.4. The molecule has 0 bridgehead atoms. The number of anilines is 2. The van der Waals surface area contributed by atoms with Crippen molar-refractivity contribution in [1.29, 1.82) is 5.26 Å². The highest BCUT2D eigenvalue weighted by atomic mass is 16.6. The molecule has 0 aliphatic heterocycles. The van der Waals surface area contributed by atoms with Crippen molar-refractivity contribution in [2.24, 2.45) is 21.8 Å². The average Bonchev–Trinajstić information content (AvgIpc) is 3.21. The molecule has 8 rings (SSSR count). The van der Waals surface area contributed by atoms with Crippen molar-refractivity contribution in [2.75, 3.05) is 25.2 Å². The van der Waals surface area contributed by atoms with Crippen LogP contribution in [0.5, 0.6) is 11.5 Å². The van der Waals surface area contributed by atoms with Crippen LogP contribution in [0.25, 0.3) is 22.5 Å². The van der Waals surface area contributed by atoms with Crippen molar-refractivity contribution >= 4 is 23.1 Å². The zero-order chi connectivity index (χ0) is 41.9. The van der Waals surface area contributed by atoms with Crippen molar-refractivity contribution in [2.45, 2.75) is 121 Å². The molecule has 310 valence electrons. The molecular formula is C44H55N11O4. The van der Waals surface area contributed by atoms with Crippen LogP contribution in [0.4, 0.5) is 11.6 Å². The van der Waals surface area contributed by atoms with E-state index in [0.717, 1.165) is 113 Å². The predicted octanol–water partition coefficient (Wildman–Crippen LogP) is 6.32. The van der Waals surface area contributed by atoms with Crippen LogP contribution in [0, 0.1) is 11.3 Å². The van der Waals surface area contributed by atoms with Crippen molar-refractivity contribution in [1.82, 2.24) is 19.9 Å². The number of rotatable bonds is 8. The summed E-state index contributed by atoms with van der Waals surface area (Å²) in [5, 5.41) is 17.6. The first kappa shape index (κ1) is 41.3. The number of aromatic nitrogens is 4. The van der Waals surface area contributed by atoms with Crippen LogP contribution in [0.1, 0.15) is 108 Å². The first-order chi connectivity index (χ1) is 28.3. The quantitative estimate of drug-likeness (QED) is 0.113. The molecule has 15 nitrogen and oxygen atoms in total. The average molecular weight is 802 g/mol. The van der Waals surface area contributed by atoms with Gasteiger partial charge in [0.15, 0.2) is 0 Å². The second-order valence-electron chi connectivity index (χ2n) is 16.7. The zero-order valence-electron chi connectivity index (χ0n) is 34.6. The normalized spacial score (nSPS) is 23.6. The lowest BCUT2D eigenvalue weighted by Gasteiger charge is -2.35. The smallest absolute Gasteiger partial charge is 0.131 e. The zero-order valence-corrected chi connectivity index (χ0v) is 34.6. The highest BCUT2D eigenvalue weighted by Gasteiger charge is 2.42. The molecule has 0 atom stereocenters. The summed E-state index contributed by atoms with van der Waals surface area (Å²) in [6.07, 6.45) is 11.4. The third-order valence-electron chi connectivity index (χ3n) is 11.9. The Labute approximate surface area is 345 Å². The summed E-state index contributed by atoms with van der Waals surface area (Å²) >= 11 is 0. The van der Waals surface area contributed by atoms with E-state index in [1.54, 1.807) is 7.11 Å². The summed E-state index contributed by atoms with van der Waals surface area (Å²) in [6.45, 7) is 8.39. The first-order valence-electron chi connectivity index (χ1n) is 20.4. The van der Waals surface area contributed by atoms with E-state index in [2.05, 4.69) is 50.2 Å². The summed E-state index contributed by atoms with van der Waals surface area (Å²) in [4.78, 5) is 28.1. The predicted molar refractivity (Wildman–Crippen MR) is 228 cm³/mol. The van der Waals surface area contributed by atoms with Crippen LogP contribution < -0.4 is 32.4 Å². The van der Waals surface area contributed by atoms with Crippen molar-refractivity contribution < 1.29 is 19.1 Å². The summed E-state index contributed by atoms with van der Waals surface area (Å²) in [5.74, 6) is 2.49. The lowest BCUT2D eigenvalue weighted by Crippen LogP contribution is -2.36. The maximum atomic E-state index is 8.80. The minimum atomic E-state index is -0.587. The molecule has 4 aromatic rings. The second-order valence-corrected chi connectivity index (χ2v) is 16.7. The largest absolute Gasteiger partial charge is 0.490 e. The molecule has 0 radical (unpaired) electrons. The standard InChI is InChI=1S/C23H28N6O2.C21H27N5O2/c1-23(2)19-20(27-13-28-22(19)26)17-9-8-16(31-15-6-4-14(25)5-7-15)12-18(17)21(23)29-30-11-3-10-24;1-21(2)17-18(24-11-25-20(17)23)15-9-8-14(10-16(15)19(21)26-27-3)28-13-6-4-12(22)5-7-13/h8-9,12-15H,3-7,11,25H2,1-2H3,(H2,26,27,28);8-13H,4-7,22H2,1-3H3,(H2,23,24,25)/b29-21+;26-19+/t14-,15-;12-,13+. The van der Waals surface area contributed by atoms with Gasteiger partial charge in [-0.15, -0.1) is 0 Å². The van der Waals surface area contributed by atoms with E-state index in [9.17, 15) is 0 Å². The molecule has 4 aliphatic rings. The van der Waals surface area contributed by atoms with E-state index in [-0.39, 0.29) is 31.3 Å². The number of ether oxygens (including phenoxy) is 2. The van der Waals surface area contributed by atoms with Crippen molar-refractivity contribution in [3.05, 3.63) is 71.3 Å². The molecule has 4 aliphatic carbocycles. The Morgan fingerprint density at radius 3 is 1.53 bits per heavy atom. The van der Waals surface area contributed by atoms with Crippen LogP contribution in [0.3, 0.4) is 0 Å². The number of benzene rings is 2. The molecular weight excluding hydrogens is 747 g/mol. The minimum absolute atomic E-state index is 0.159. The van der Waals surface area contributed by atoms with Gasteiger partial charge in [-0.05, 0) is 115 Å². The number of oxime groups is 2. The fourth-order valence-electron chi connectivity index (χ4n) is 8.76. The van der Waals surface area contributed by atoms with Gasteiger partial charge in [-0.2, -0.15) is 5.26 Å². The Kier molecular flexibility index (Phi) is 12.0. The van der Waals surface area contributed by atoms with E-state index in [4.69, 9.17) is 47.3 Å². The molecule has 59 heavy (non-hydrogen) atoms. The fourth-order valence-corrected chi connectivity index (χ4v) is 8.76. The molecule has 2 heterocycles. The van der Waals surface area contributed by atoms with Gasteiger partial charge in [0.25, 0.3) is 0 Å². The van der Waals surface area contributed by atoms with Crippen LogP contribution in [0.2, 0.25) is 0 Å². The molecule has 2 aromatic heterocycles. The SMILES string of the molecule is CC1(C)/C(=N/OCCC#N)c2cc(O[C@H]3CC[C@H](N)CC3)ccc2-c2ncnc(N)c21.CO/N=C1\c2cc(O[C@H]3CC[C@@H](N)CC3)ccc2-c2ncnc(N)c2C1(C)C. The third-order valence-corrected chi connectivity index (χ3v) is 11.9. The number of nitriles is 1. The molecule has 0 saturated heterocycles. The number of fused-ring (bicyclic) bond motifs is 6. The van der Waals surface area contributed by atoms with Gasteiger partial charge in [0.2, 0.25) is 0 Å². The van der Waals surface area contributed by atoms with E-state index in [1.165, 1.54) is 12.7 Å². The Morgan fingerprint density at radius 1 is 0.661 bits per heavy atom. The summed E-state index contributed by atoms with van der Waals surface area (Å²) in [6, 6.07) is 14.6. The van der Waals surface area contributed by atoms with E-state index >= 15 is 0 Å². The minimum Gasteiger partial charge on any atom is -0.490 e. The Balaban J connectivity index is 0.000000180. The molecule has 15 heteroatoms. The molecule has 0 amide bonds. The number of nitrogen functional groups attached to an aromatic ring is 2. The van der Waals surface area contributed by atoms with Gasteiger partial charge in [-0.25, -0.2) is 19.9 Å². The maximum absolute atomic E-state index is 8.80. The molecule has 2 saturated carbocycles. The van der Waals surface area contributed by atoms with E-state index < -0.39 is 10.8 Å². The van der Waals surface area contributed by atoms with E-state index in [0.29, 0.717) is 23.4 Å². The lowest BCUT2D eigenvalue weighted by atomic mass is 9.70. The second kappa shape index (κ2) is 17.2. The highest BCUT2D eigenvalue weighted by Crippen LogP contribution is 2.47. The summed E-state index contributed by atoms with van der Waals surface area (Å²) in [7, 11) is 1.55. The molecule has 0 unspecified atom stereocenters. The van der Waals surface area contributed by atoms with Gasteiger partial charge in [0, 0.05) is 56.3 Å². The molecule has 0 spiro atoms. The topological polar surface area (TPSA) is 241 Å². The van der Waals surface area contributed by atoms with Crippen molar-refractivity contribution in [3.63, 3.8) is 0 Å². The Bertz CT molecular complexity index is 2270. The molecule has 2 aromatic carbocycles. The Morgan fingerprint density at radius 2 is 1.10 bits per heavy atom. The summed E-state index contributed by atoms with van der Waals surface area (Å²) in [5.41, 5.74) is 31.9. The highest BCUT2D eigenvalue weighted by molar-refractivity contribution is 6.16. The number of hydrogen-bond donors (Lipinski definition) is 4. The number of nitrogens with two attached hydrogens (primary N) is 4. The fraction of sp³-hybridized carbons (Fsp3) is 0.477. The lowest BCUT2D eigenvalue weighted by molar-refractivity contribution is 0.146. The number of hydrogen-bond acceptors (Lipinski definition) is 15. The van der Waals surface area contributed by atoms with Crippen LogP contribution in [-0.2, 0) is 20.5 Å². The van der Waals surface area contributed by atoms with Gasteiger partial charge >= 0.3 is 0 Å². The summed E-state index contributed by atoms with van der Waals surface area (Å²) < 4.78 is 12.6. The maximum Gasteiger partial charge on any atom is 0.131 e. The third kappa shape index (κ3) is 8.37. The van der Waals surface area contributed by atoms with Gasteiger partial charge < -0.3 is 42.1 Å². The van der Waals surface area contributed by atoms with Crippen LogP contribution in [0.15, 0.2) is 59.4 Å². The van der Waals surface area contributed by atoms with Crippen LogP contribution >= 0.6 is 0 Å². The van der Waals surface area contributed by atoms with Gasteiger partial charge in [0.05, 0.1) is 47.5 Å². The Hall–Kier alpha value is -5.85. The number of nitrogens with zero attached hydrogens (tertiary/aromatic N) is 7. The monoisotopic (exact) mass is 801 g/mol. The van der Waals surface area contributed by atoms with E-state index in [1.807, 2.05) is 50.2 Å². The van der Waals surface area contributed by atoms with Gasteiger partial charge in [0.1, 0.15) is 49.5 Å².